The number of carbonyl (C=O) groups excluding carboxylic acids is 1. The van der Waals surface area contributed by atoms with Gasteiger partial charge in [-0.05, 0) is 34.5 Å². The Morgan fingerprint density at radius 1 is 0.967 bits per heavy atom. The van der Waals surface area contributed by atoms with Crippen LogP contribution in [0.4, 0.5) is 8.78 Å². The van der Waals surface area contributed by atoms with Gasteiger partial charge in [0, 0.05) is 38.7 Å². The number of aryl methyl sites for hydroxylation is 1. The molecule has 2 heterocycles. The summed E-state index contributed by atoms with van der Waals surface area (Å²) in [5, 5.41) is 11.6. The largest absolute Gasteiger partial charge is 0.340 e. The molecule has 1 aliphatic rings. The minimum Gasteiger partial charge on any atom is -0.340 e. The molecule has 7 nitrogen and oxygen atoms in total. The van der Waals surface area contributed by atoms with Gasteiger partial charge < -0.3 is 4.90 Å². The lowest BCUT2D eigenvalue weighted by atomic mass is 10.1. The van der Waals surface area contributed by atoms with E-state index in [9.17, 15) is 13.6 Å². The number of tetrazole rings is 1. The van der Waals surface area contributed by atoms with Gasteiger partial charge >= 0.3 is 0 Å². The number of amides is 1. The van der Waals surface area contributed by atoms with Crippen molar-refractivity contribution >= 4 is 5.91 Å². The van der Waals surface area contributed by atoms with Crippen molar-refractivity contribution in [2.45, 2.75) is 19.4 Å². The summed E-state index contributed by atoms with van der Waals surface area (Å²) in [5.41, 5.74) is 1.53. The van der Waals surface area contributed by atoms with E-state index in [1.807, 2.05) is 35.2 Å². The van der Waals surface area contributed by atoms with Crippen LogP contribution in [0.1, 0.15) is 17.8 Å². The van der Waals surface area contributed by atoms with Crippen molar-refractivity contribution in [3.05, 3.63) is 71.6 Å². The van der Waals surface area contributed by atoms with E-state index in [1.54, 1.807) is 0 Å². The number of halogens is 2. The Morgan fingerprint density at radius 2 is 1.73 bits per heavy atom. The Labute approximate surface area is 172 Å². The molecule has 30 heavy (non-hydrogen) atoms. The van der Waals surface area contributed by atoms with E-state index in [4.69, 9.17) is 0 Å². The molecule has 2 aromatic carbocycles. The zero-order valence-corrected chi connectivity index (χ0v) is 16.4. The molecule has 1 aromatic heterocycles. The second kappa shape index (κ2) is 9.08. The highest BCUT2D eigenvalue weighted by molar-refractivity contribution is 5.76. The van der Waals surface area contributed by atoms with Crippen molar-refractivity contribution < 1.29 is 13.6 Å². The first-order valence-electron chi connectivity index (χ1n) is 9.87. The van der Waals surface area contributed by atoms with Crippen LogP contribution in [0.3, 0.4) is 0 Å². The Kier molecular flexibility index (Phi) is 6.08. The number of carbonyl (C=O) groups is 1. The molecule has 0 atom stereocenters. The van der Waals surface area contributed by atoms with Crippen LogP contribution < -0.4 is 0 Å². The SMILES string of the molecule is O=C(CCc1ccccc1)N1CCN(Cc2nnnn2-c2ccc(F)c(F)c2)CC1. The molecular weight excluding hydrogens is 390 g/mol. The summed E-state index contributed by atoms with van der Waals surface area (Å²) in [5.74, 6) is -1.17. The third kappa shape index (κ3) is 4.68. The Balaban J connectivity index is 1.31. The molecule has 0 aliphatic carbocycles. The monoisotopic (exact) mass is 412 g/mol. The number of aromatic nitrogens is 4. The average Bonchev–Trinajstić information content (AvgIpc) is 3.23. The summed E-state index contributed by atoms with van der Waals surface area (Å²) >= 11 is 0. The first kappa shape index (κ1) is 20.1. The van der Waals surface area contributed by atoms with Crippen LogP contribution in [-0.2, 0) is 17.8 Å². The van der Waals surface area contributed by atoms with Crippen molar-refractivity contribution in [3.8, 4) is 5.69 Å². The van der Waals surface area contributed by atoms with Crippen LogP contribution in [0, 0.1) is 11.6 Å². The van der Waals surface area contributed by atoms with Crippen molar-refractivity contribution in [2.75, 3.05) is 26.2 Å². The molecule has 1 fully saturated rings. The van der Waals surface area contributed by atoms with Crippen LogP contribution in [0.25, 0.3) is 5.69 Å². The number of hydrogen-bond donors (Lipinski definition) is 0. The smallest absolute Gasteiger partial charge is 0.222 e. The first-order valence-corrected chi connectivity index (χ1v) is 9.87. The highest BCUT2D eigenvalue weighted by atomic mass is 19.2. The number of benzene rings is 2. The van der Waals surface area contributed by atoms with Crippen LogP contribution >= 0.6 is 0 Å². The van der Waals surface area contributed by atoms with Gasteiger partial charge in [-0.15, -0.1) is 5.10 Å². The van der Waals surface area contributed by atoms with Crippen LogP contribution in [0.2, 0.25) is 0 Å². The second-order valence-corrected chi connectivity index (χ2v) is 7.25. The molecule has 0 radical (unpaired) electrons. The minimum atomic E-state index is -0.948. The molecule has 1 amide bonds. The zero-order chi connectivity index (χ0) is 20.9. The van der Waals surface area contributed by atoms with Crippen LogP contribution in [0.5, 0.6) is 0 Å². The summed E-state index contributed by atoms with van der Waals surface area (Å²) < 4.78 is 28.1. The standard InChI is InChI=1S/C21H22F2N6O/c22-18-8-7-17(14-19(18)23)29-20(24-25-26-29)15-27-10-12-28(13-11-27)21(30)9-6-16-4-2-1-3-5-16/h1-5,7-8,14H,6,9-13,15H2. The number of piperazine rings is 1. The zero-order valence-electron chi connectivity index (χ0n) is 16.4. The summed E-state index contributed by atoms with van der Waals surface area (Å²) in [4.78, 5) is 16.5. The van der Waals surface area contributed by atoms with E-state index in [1.165, 1.54) is 10.7 Å². The molecule has 4 rings (SSSR count). The lowest BCUT2D eigenvalue weighted by Crippen LogP contribution is -2.48. The van der Waals surface area contributed by atoms with Gasteiger partial charge in [0.15, 0.2) is 17.5 Å². The molecule has 1 aliphatic heterocycles. The van der Waals surface area contributed by atoms with Gasteiger partial charge in [-0.3, -0.25) is 9.69 Å². The molecule has 9 heteroatoms. The molecule has 0 N–H and O–H groups in total. The molecule has 0 spiro atoms. The molecule has 0 saturated carbocycles. The number of hydrogen-bond acceptors (Lipinski definition) is 5. The van der Waals surface area contributed by atoms with Crippen molar-refractivity contribution in [1.29, 1.82) is 0 Å². The normalized spacial score (nSPS) is 14.8. The van der Waals surface area contributed by atoms with E-state index in [0.717, 1.165) is 24.1 Å². The van der Waals surface area contributed by atoms with Crippen molar-refractivity contribution in [3.63, 3.8) is 0 Å². The second-order valence-electron chi connectivity index (χ2n) is 7.25. The first-order chi connectivity index (χ1) is 14.6. The van der Waals surface area contributed by atoms with Crippen molar-refractivity contribution in [1.82, 2.24) is 30.0 Å². The van der Waals surface area contributed by atoms with E-state index in [2.05, 4.69) is 20.4 Å². The van der Waals surface area contributed by atoms with Gasteiger partial charge in [-0.25, -0.2) is 8.78 Å². The molecule has 0 bridgehead atoms. The molecule has 0 unspecified atom stereocenters. The lowest BCUT2D eigenvalue weighted by Gasteiger charge is -2.34. The van der Waals surface area contributed by atoms with Gasteiger partial charge in [0.2, 0.25) is 5.91 Å². The number of nitrogens with zero attached hydrogens (tertiary/aromatic N) is 6. The third-order valence-corrected chi connectivity index (χ3v) is 5.24. The quantitative estimate of drug-likeness (QED) is 0.621. The Bertz CT molecular complexity index is 1000. The van der Waals surface area contributed by atoms with Crippen molar-refractivity contribution in [2.24, 2.45) is 0 Å². The molecule has 1 saturated heterocycles. The van der Waals surface area contributed by atoms with Gasteiger partial charge in [0.25, 0.3) is 0 Å². The maximum Gasteiger partial charge on any atom is 0.222 e. The van der Waals surface area contributed by atoms with E-state index in [0.29, 0.717) is 50.7 Å². The summed E-state index contributed by atoms with van der Waals surface area (Å²) in [6.45, 7) is 3.13. The maximum atomic E-state index is 13.5. The highest BCUT2D eigenvalue weighted by Crippen LogP contribution is 2.15. The van der Waals surface area contributed by atoms with Crippen LogP contribution in [-0.4, -0.2) is 62.1 Å². The highest BCUT2D eigenvalue weighted by Gasteiger charge is 2.23. The fourth-order valence-corrected chi connectivity index (χ4v) is 3.53. The molecule has 3 aromatic rings. The fourth-order valence-electron chi connectivity index (χ4n) is 3.53. The van der Waals surface area contributed by atoms with Gasteiger partial charge in [0.1, 0.15) is 0 Å². The minimum absolute atomic E-state index is 0.158. The van der Waals surface area contributed by atoms with E-state index in [-0.39, 0.29) is 5.91 Å². The predicted molar refractivity (Wildman–Crippen MR) is 106 cm³/mol. The Hall–Kier alpha value is -3.20. The third-order valence-electron chi connectivity index (χ3n) is 5.24. The predicted octanol–water partition coefficient (Wildman–Crippen LogP) is 2.22. The van der Waals surface area contributed by atoms with Crippen LogP contribution in [0.15, 0.2) is 48.5 Å². The van der Waals surface area contributed by atoms with Gasteiger partial charge in [-0.1, -0.05) is 30.3 Å². The van der Waals surface area contributed by atoms with Gasteiger partial charge in [-0.2, -0.15) is 4.68 Å². The van der Waals surface area contributed by atoms with Gasteiger partial charge in [0.05, 0.1) is 12.2 Å². The Morgan fingerprint density at radius 3 is 2.47 bits per heavy atom. The molecular formula is C21H22F2N6O. The maximum absolute atomic E-state index is 13.5. The van der Waals surface area contributed by atoms with E-state index >= 15 is 0 Å². The number of rotatable bonds is 6. The average molecular weight is 412 g/mol. The topological polar surface area (TPSA) is 67.2 Å². The summed E-state index contributed by atoms with van der Waals surface area (Å²) in [6, 6.07) is 13.5. The summed E-state index contributed by atoms with van der Waals surface area (Å²) in [7, 11) is 0. The fraction of sp³-hybridized carbons (Fsp3) is 0.333. The lowest BCUT2D eigenvalue weighted by molar-refractivity contribution is -0.133. The summed E-state index contributed by atoms with van der Waals surface area (Å²) in [6.07, 6.45) is 1.24. The molecule has 156 valence electrons. The van der Waals surface area contributed by atoms with E-state index < -0.39 is 11.6 Å².